The lowest BCUT2D eigenvalue weighted by Gasteiger charge is -2.35. The van der Waals surface area contributed by atoms with E-state index in [1.165, 1.54) is 48.5 Å². The van der Waals surface area contributed by atoms with Crippen molar-refractivity contribution < 1.29 is 27.0 Å². The first-order valence-corrected chi connectivity index (χ1v) is 33.3. The highest BCUT2D eigenvalue weighted by molar-refractivity contribution is 5.92. The lowest BCUT2D eigenvalue weighted by atomic mass is 9.67. The summed E-state index contributed by atoms with van der Waals surface area (Å²) in [5.41, 5.74) is 21.2. The molecule has 2 unspecified atom stereocenters. The first-order chi connectivity index (χ1) is 49.0. The molecular weight excluding hydrogens is 1240 g/mol. The zero-order valence-electron chi connectivity index (χ0n) is 54.4. The normalized spacial score (nSPS) is 14.6. The second-order valence-electron chi connectivity index (χ2n) is 25.3. The van der Waals surface area contributed by atoms with Crippen LogP contribution in [0.3, 0.4) is 0 Å². The number of halogens is 4. The van der Waals surface area contributed by atoms with Gasteiger partial charge in [-0.05, 0) is 246 Å². The molecule has 0 N–H and O–H groups in total. The summed E-state index contributed by atoms with van der Waals surface area (Å²) in [5.74, 6) is 0.0486. The number of anilines is 6. The monoisotopic (exact) mass is 1300 g/mol. The Balaban J connectivity index is 0.751. The van der Waals surface area contributed by atoms with Crippen molar-refractivity contribution in [2.45, 2.75) is 24.0 Å². The van der Waals surface area contributed by atoms with Crippen molar-refractivity contribution in [2.75, 3.05) is 9.80 Å². The van der Waals surface area contributed by atoms with E-state index < -0.39 is 10.8 Å². The minimum absolute atomic E-state index is 0.333. The number of fused-ring (bicyclic) bond motifs is 6. The Morgan fingerprint density at radius 1 is 0.280 bits per heavy atom. The van der Waals surface area contributed by atoms with Gasteiger partial charge in [-0.1, -0.05) is 207 Å². The molecule has 0 saturated carbocycles. The third kappa shape index (κ3) is 11.2. The molecule has 0 aromatic heterocycles. The molecule has 14 aromatic carbocycles. The summed E-state index contributed by atoms with van der Waals surface area (Å²) < 4.78 is 72.9. The van der Waals surface area contributed by atoms with Crippen LogP contribution in [-0.2, 0) is 24.0 Å². The molecule has 0 fully saturated rings. The van der Waals surface area contributed by atoms with Crippen molar-refractivity contribution in [1.29, 1.82) is 0 Å². The van der Waals surface area contributed by atoms with E-state index in [2.05, 4.69) is 181 Å². The molecule has 2 atom stereocenters. The Labute approximate surface area is 579 Å². The van der Waals surface area contributed by atoms with Crippen molar-refractivity contribution in [1.82, 2.24) is 0 Å². The largest absolute Gasteiger partial charge is 0.489 e. The lowest BCUT2D eigenvalue weighted by molar-refractivity contribution is 0.306. The molecule has 0 amide bonds. The van der Waals surface area contributed by atoms with Gasteiger partial charge in [-0.15, -0.1) is 0 Å². The molecular formula is C92H64F4N2O2. The van der Waals surface area contributed by atoms with E-state index in [-0.39, 0.29) is 23.3 Å². The lowest BCUT2D eigenvalue weighted by Crippen LogP contribution is -2.29. The quantitative estimate of drug-likeness (QED) is 0.0754. The Kier molecular flexibility index (Phi) is 16.3. The van der Waals surface area contributed by atoms with Crippen molar-refractivity contribution in [3.05, 3.63) is 431 Å². The van der Waals surface area contributed by atoms with E-state index >= 15 is 8.78 Å². The summed E-state index contributed by atoms with van der Waals surface area (Å²) in [6, 6.07) is 106. The topological polar surface area (TPSA) is 24.9 Å². The maximum absolute atomic E-state index is 15.1. The Morgan fingerprint density at radius 2 is 0.560 bits per heavy atom. The number of hydrogen-bond acceptors (Lipinski definition) is 4. The molecule has 14 aromatic rings. The van der Waals surface area contributed by atoms with Gasteiger partial charge < -0.3 is 19.3 Å². The molecule has 0 heterocycles. The van der Waals surface area contributed by atoms with Crippen LogP contribution in [0.25, 0.3) is 45.5 Å². The van der Waals surface area contributed by atoms with Gasteiger partial charge in [0, 0.05) is 34.1 Å². The molecule has 100 heavy (non-hydrogen) atoms. The van der Waals surface area contributed by atoms with Crippen LogP contribution in [0.2, 0.25) is 0 Å². The number of rotatable bonds is 19. The summed E-state index contributed by atoms with van der Waals surface area (Å²) in [5, 5.41) is 0. The number of nitrogens with zero attached hydrogens (tertiary/aromatic N) is 2. The second kappa shape index (κ2) is 26.1. The molecule has 16 rings (SSSR count). The molecule has 0 aliphatic heterocycles. The van der Waals surface area contributed by atoms with Crippen LogP contribution in [0.5, 0.6) is 11.5 Å². The highest BCUT2D eigenvalue weighted by Crippen LogP contribution is 2.60. The summed E-state index contributed by atoms with van der Waals surface area (Å²) in [7, 11) is 0. The van der Waals surface area contributed by atoms with E-state index in [1.54, 1.807) is 24.3 Å². The average molecular weight is 1310 g/mol. The fourth-order valence-electron chi connectivity index (χ4n) is 14.9. The zero-order valence-corrected chi connectivity index (χ0v) is 54.4. The highest BCUT2D eigenvalue weighted by Gasteiger charge is 2.48. The fourth-order valence-corrected chi connectivity index (χ4v) is 14.9. The zero-order chi connectivity index (χ0) is 67.9. The SMILES string of the molecule is C=Cc1ccc(COc2ccc(C3(c4ccc(F)cc4)c4ccccc4-c4ccc(N(c5ccc(F)cc5)c5ccc(-c6ccc(N(c7ccc(F)cc7)c7ccc8c(c7)C(c7ccc(F)cc7)(c7ccc(OCc9ccc(C=C)cc9)cc7)c7ccccc7-8)cc6)cc5)cc43)cc2)cc1. The highest BCUT2D eigenvalue weighted by atomic mass is 19.1. The van der Waals surface area contributed by atoms with Gasteiger partial charge in [0.1, 0.15) is 48.0 Å². The van der Waals surface area contributed by atoms with E-state index in [4.69, 9.17) is 9.47 Å². The smallest absolute Gasteiger partial charge is 0.123 e. The first kappa shape index (κ1) is 62.3. The van der Waals surface area contributed by atoms with Gasteiger partial charge >= 0.3 is 0 Å². The molecule has 0 bridgehead atoms. The molecule has 0 radical (unpaired) electrons. The van der Waals surface area contributed by atoms with Crippen LogP contribution in [0, 0.1) is 23.3 Å². The van der Waals surface area contributed by atoms with E-state index in [9.17, 15) is 8.78 Å². The van der Waals surface area contributed by atoms with Crippen LogP contribution in [0.4, 0.5) is 51.7 Å². The molecule has 0 spiro atoms. The Morgan fingerprint density at radius 3 is 0.890 bits per heavy atom. The van der Waals surface area contributed by atoms with Gasteiger partial charge in [0.2, 0.25) is 0 Å². The van der Waals surface area contributed by atoms with Crippen LogP contribution in [-0.4, -0.2) is 0 Å². The minimum Gasteiger partial charge on any atom is -0.489 e. The van der Waals surface area contributed by atoms with E-state index in [1.807, 2.05) is 109 Å². The Hall–Kier alpha value is -12.5. The second-order valence-corrected chi connectivity index (χ2v) is 25.3. The fraction of sp³-hybridized carbons (Fsp3) is 0.0435. The van der Waals surface area contributed by atoms with Crippen molar-refractivity contribution >= 4 is 46.3 Å². The van der Waals surface area contributed by atoms with Crippen molar-refractivity contribution in [3.63, 3.8) is 0 Å². The molecule has 0 saturated heterocycles. The number of hydrogen-bond donors (Lipinski definition) is 0. The predicted octanol–water partition coefficient (Wildman–Crippen LogP) is 24.0. The molecule has 4 nitrogen and oxygen atoms in total. The van der Waals surface area contributed by atoms with Crippen LogP contribution >= 0.6 is 0 Å². The maximum atomic E-state index is 15.1. The van der Waals surface area contributed by atoms with E-state index in [0.717, 1.165) is 134 Å². The summed E-state index contributed by atoms with van der Waals surface area (Å²) >= 11 is 0. The summed E-state index contributed by atoms with van der Waals surface area (Å²) in [6.45, 7) is 8.54. The van der Waals surface area contributed by atoms with Crippen LogP contribution in [0.1, 0.15) is 66.8 Å². The summed E-state index contributed by atoms with van der Waals surface area (Å²) in [4.78, 5) is 4.28. The molecule has 2 aliphatic rings. The standard InChI is InChI=1S/C92H64F4N2O2/c1-3-61-13-17-63(18-14-61)59-99-81-51-29-69(30-52-81)91(67-25-33-71(93)34-26-67)87-11-7-5-9-83(87)85-55-49-79(57-89(85)91)97(77-45-37-73(95)38-46-77)75-41-21-65(22-42-75)66-23-43-76(44-24-66)98(78-47-39-74(96)40-48-78)80-50-56-86-84-10-6-8-12-88(84)92(90(86)58-80,68-27-35-72(94)36-28-68)70-31-53-82(54-32-70)100-60-64-19-15-62(4-2)16-20-64/h3-58H,1-2,59-60H2. The van der Waals surface area contributed by atoms with Gasteiger partial charge in [-0.25, -0.2) is 17.6 Å². The minimum atomic E-state index is -0.893. The predicted molar refractivity (Wildman–Crippen MR) is 397 cm³/mol. The van der Waals surface area contributed by atoms with Gasteiger partial charge in [0.25, 0.3) is 0 Å². The Bertz CT molecular complexity index is 5000. The first-order valence-electron chi connectivity index (χ1n) is 33.3. The van der Waals surface area contributed by atoms with Gasteiger partial charge in [-0.3, -0.25) is 0 Å². The van der Waals surface area contributed by atoms with Crippen molar-refractivity contribution in [2.24, 2.45) is 0 Å². The van der Waals surface area contributed by atoms with Gasteiger partial charge in [0.15, 0.2) is 0 Å². The summed E-state index contributed by atoms with van der Waals surface area (Å²) in [6.07, 6.45) is 3.64. The van der Waals surface area contributed by atoms with Gasteiger partial charge in [-0.2, -0.15) is 0 Å². The van der Waals surface area contributed by atoms with Gasteiger partial charge in [0.05, 0.1) is 10.8 Å². The van der Waals surface area contributed by atoms with E-state index in [0.29, 0.717) is 24.7 Å². The number of ether oxygens (including phenoxy) is 2. The third-order valence-corrected chi connectivity index (χ3v) is 19.7. The third-order valence-electron chi connectivity index (χ3n) is 19.7. The molecule has 2 aliphatic carbocycles. The van der Waals surface area contributed by atoms with Crippen LogP contribution in [0.15, 0.2) is 341 Å². The average Bonchev–Trinajstić information content (AvgIpc) is 1.53. The maximum Gasteiger partial charge on any atom is 0.123 e. The van der Waals surface area contributed by atoms with Crippen LogP contribution < -0.4 is 19.3 Å². The molecule has 8 heteroatoms. The number of benzene rings is 14. The molecule has 482 valence electrons. The van der Waals surface area contributed by atoms with Crippen molar-refractivity contribution in [3.8, 4) is 44.9 Å².